The molecule has 0 aromatic carbocycles. The highest BCUT2D eigenvalue weighted by molar-refractivity contribution is 7.92. The molecule has 102 valence electrons. The fourth-order valence-corrected chi connectivity index (χ4v) is 2.63. The third-order valence-electron chi connectivity index (χ3n) is 2.16. The number of halogens is 1. The molecule has 0 fully saturated rings. The topological polar surface area (TPSA) is 97.1 Å². The molecule has 0 amide bonds. The van der Waals surface area contributed by atoms with Crippen LogP contribution in [0.15, 0.2) is 34.1 Å². The number of pyridine rings is 1. The lowest BCUT2D eigenvalue weighted by Gasteiger charge is -2.08. The molecule has 2 aromatic heterocycles. The van der Waals surface area contributed by atoms with Gasteiger partial charge in [-0.25, -0.2) is 13.4 Å². The van der Waals surface area contributed by atoms with Gasteiger partial charge in [0.2, 0.25) is 0 Å². The van der Waals surface area contributed by atoms with Crippen LogP contribution in [0.3, 0.4) is 0 Å². The van der Waals surface area contributed by atoms with Crippen molar-refractivity contribution in [3.63, 3.8) is 0 Å². The number of hydrogen-bond donors (Lipinski definition) is 2. The zero-order chi connectivity index (χ0) is 13.9. The van der Waals surface area contributed by atoms with E-state index >= 15 is 0 Å². The summed E-state index contributed by atoms with van der Waals surface area (Å²) in [5.41, 5.74) is 0.229. The van der Waals surface area contributed by atoms with E-state index in [4.69, 9.17) is 11.6 Å². The van der Waals surface area contributed by atoms with E-state index in [2.05, 4.69) is 24.7 Å². The predicted molar refractivity (Wildman–Crippen MR) is 70.7 cm³/mol. The Balaban J connectivity index is 2.28. The summed E-state index contributed by atoms with van der Waals surface area (Å²) in [7, 11) is -3.76. The lowest BCUT2D eigenvalue weighted by atomic mass is 10.4. The fraction of sp³-hybridized carbons (Fsp3) is 0.200. The van der Waals surface area contributed by atoms with Crippen LogP contribution in [0.4, 0.5) is 11.5 Å². The molecule has 0 aliphatic carbocycles. The SMILES string of the molecule is CCNc1ncc(S(=O)(=O)Nc2cnoc2)cc1Cl. The Morgan fingerprint density at radius 1 is 1.42 bits per heavy atom. The molecule has 2 N–H and O–H groups in total. The van der Waals surface area contributed by atoms with Gasteiger partial charge >= 0.3 is 0 Å². The maximum atomic E-state index is 12.0. The van der Waals surface area contributed by atoms with Gasteiger partial charge in [0.15, 0.2) is 0 Å². The highest BCUT2D eigenvalue weighted by Crippen LogP contribution is 2.23. The standard InChI is InChI=1S/C10H11ClN4O3S/c1-2-12-10-9(11)3-8(5-13-10)19(16,17)15-7-4-14-18-6-7/h3-6,15H,2H2,1H3,(H,12,13). The molecule has 0 spiro atoms. The molecule has 0 radical (unpaired) electrons. The minimum atomic E-state index is -3.76. The molecule has 0 aliphatic rings. The van der Waals surface area contributed by atoms with Crippen LogP contribution in [0.1, 0.15) is 6.92 Å². The Hall–Kier alpha value is -1.80. The van der Waals surface area contributed by atoms with Crippen molar-refractivity contribution in [2.75, 3.05) is 16.6 Å². The summed E-state index contributed by atoms with van der Waals surface area (Å²) in [4.78, 5) is 3.92. The molecule has 2 aromatic rings. The van der Waals surface area contributed by atoms with Crippen molar-refractivity contribution in [3.05, 3.63) is 29.7 Å². The largest absolute Gasteiger partial charge is 0.369 e. The Kier molecular flexibility index (Phi) is 3.91. The van der Waals surface area contributed by atoms with Crippen LogP contribution in [0.5, 0.6) is 0 Å². The summed E-state index contributed by atoms with van der Waals surface area (Å²) in [5, 5.41) is 6.55. The predicted octanol–water partition coefficient (Wildman–Crippen LogP) is 1.96. The van der Waals surface area contributed by atoms with Gasteiger partial charge in [0, 0.05) is 12.7 Å². The molecule has 0 atom stereocenters. The minimum absolute atomic E-state index is 0.0413. The van der Waals surface area contributed by atoms with Crippen LogP contribution in [0, 0.1) is 0 Å². The van der Waals surface area contributed by atoms with E-state index < -0.39 is 10.0 Å². The molecule has 0 saturated heterocycles. The first-order chi connectivity index (χ1) is 9.03. The Morgan fingerprint density at radius 3 is 2.79 bits per heavy atom. The lowest BCUT2D eigenvalue weighted by Crippen LogP contribution is -2.13. The molecule has 0 unspecified atom stereocenters. The fourth-order valence-electron chi connectivity index (χ4n) is 1.33. The molecule has 2 heterocycles. The van der Waals surface area contributed by atoms with Gasteiger partial charge in [-0.3, -0.25) is 4.72 Å². The minimum Gasteiger partial charge on any atom is -0.369 e. The average Bonchev–Trinajstić information content (AvgIpc) is 2.84. The average molecular weight is 303 g/mol. The van der Waals surface area contributed by atoms with E-state index in [1.807, 2.05) is 6.92 Å². The summed E-state index contributed by atoms with van der Waals surface area (Å²) in [6.45, 7) is 2.52. The van der Waals surface area contributed by atoms with Gasteiger partial charge in [-0.05, 0) is 13.0 Å². The van der Waals surface area contributed by atoms with Gasteiger partial charge in [0.05, 0.1) is 11.2 Å². The van der Waals surface area contributed by atoms with Crippen LogP contribution in [-0.2, 0) is 10.0 Å². The van der Waals surface area contributed by atoms with E-state index in [9.17, 15) is 8.42 Å². The molecular weight excluding hydrogens is 292 g/mol. The molecule has 0 aliphatic heterocycles. The third kappa shape index (κ3) is 3.15. The first-order valence-electron chi connectivity index (χ1n) is 5.34. The Labute approximate surface area is 115 Å². The van der Waals surface area contributed by atoms with Crippen LogP contribution in [0.2, 0.25) is 5.02 Å². The van der Waals surface area contributed by atoms with Crippen molar-refractivity contribution >= 4 is 33.1 Å². The highest BCUT2D eigenvalue weighted by Gasteiger charge is 2.17. The molecule has 9 heteroatoms. The molecular formula is C10H11ClN4O3S. The van der Waals surface area contributed by atoms with Crippen molar-refractivity contribution in [1.29, 1.82) is 0 Å². The Morgan fingerprint density at radius 2 is 2.21 bits per heavy atom. The second-order valence-corrected chi connectivity index (χ2v) is 5.64. The smallest absolute Gasteiger partial charge is 0.263 e. The van der Waals surface area contributed by atoms with E-state index in [0.29, 0.717) is 12.4 Å². The maximum Gasteiger partial charge on any atom is 0.263 e. The summed E-state index contributed by atoms with van der Waals surface area (Å²) in [6.07, 6.45) is 3.65. The van der Waals surface area contributed by atoms with E-state index in [1.165, 1.54) is 24.7 Å². The van der Waals surface area contributed by atoms with E-state index in [1.54, 1.807) is 0 Å². The van der Waals surface area contributed by atoms with Gasteiger partial charge in [0.25, 0.3) is 10.0 Å². The van der Waals surface area contributed by atoms with Crippen molar-refractivity contribution in [1.82, 2.24) is 10.1 Å². The van der Waals surface area contributed by atoms with Crippen molar-refractivity contribution in [3.8, 4) is 0 Å². The maximum absolute atomic E-state index is 12.0. The summed E-state index contributed by atoms with van der Waals surface area (Å²) < 4.78 is 30.9. The number of aromatic nitrogens is 2. The summed E-state index contributed by atoms with van der Waals surface area (Å²) in [5.74, 6) is 0.438. The van der Waals surface area contributed by atoms with Crippen LogP contribution in [-0.4, -0.2) is 25.1 Å². The van der Waals surface area contributed by atoms with Crippen LogP contribution < -0.4 is 10.0 Å². The zero-order valence-electron chi connectivity index (χ0n) is 9.92. The summed E-state index contributed by atoms with van der Waals surface area (Å²) in [6, 6.07) is 1.32. The number of nitrogens with zero attached hydrogens (tertiary/aromatic N) is 2. The highest BCUT2D eigenvalue weighted by atomic mass is 35.5. The first-order valence-corrected chi connectivity index (χ1v) is 7.20. The van der Waals surface area contributed by atoms with Crippen molar-refractivity contribution < 1.29 is 12.9 Å². The first kappa shape index (κ1) is 13.6. The summed E-state index contributed by atoms with van der Waals surface area (Å²) >= 11 is 5.95. The number of hydrogen-bond acceptors (Lipinski definition) is 6. The molecule has 0 bridgehead atoms. The molecule has 2 rings (SSSR count). The zero-order valence-corrected chi connectivity index (χ0v) is 11.5. The Bertz CT molecular complexity index is 657. The molecule has 0 saturated carbocycles. The normalized spacial score (nSPS) is 11.3. The van der Waals surface area contributed by atoms with Crippen LogP contribution >= 0.6 is 11.6 Å². The van der Waals surface area contributed by atoms with Gasteiger partial charge < -0.3 is 9.84 Å². The second kappa shape index (κ2) is 5.45. The van der Waals surface area contributed by atoms with Crippen LogP contribution in [0.25, 0.3) is 0 Å². The van der Waals surface area contributed by atoms with Gasteiger partial charge in [-0.15, -0.1) is 0 Å². The second-order valence-electron chi connectivity index (χ2n) is 3.55. The van der Waals surface area contributed by atoms with Crippen molar-refractivity contribution in [2.24, 2.45) is 0 Å². The number of nitrogens with one attached hydrogen (secondary N) is 2. The van der Waals surface area contributed by atoms with Gasteiger partial charge in [-0.1, -0.05) is 16.8 Å². The quantitative estimate of drug-likeness (QED) is 0.876. The number of sulfonamides is 1. The van der Waals surface area contributed by atoms with Gasteiger partial charge in [0.1, 0.15) is 22.7 Å². The monoisotopic (exact) mass is 302 g/mol. The van der Waals surface area contributed by atoms with E-state index in [-0.39, 0.29) is 15.6 Å². The van der Waals surface area contributed by atoms with Gasteiger partial charge in [-0.2, -0.15) is 0 Å². The van der Waals surface area contributed by atoms with Crippen molar-refractivity contribution in [2.45, 2.75) is 11.8 Å². The number of anilines is 2. The third-order valence-corrected chi connectivity index (χ3v) is 3.79. The number of rotatable bonds is 5. The molecule has 19 heavy (non-hydrogen) atoms. The van der Waals surface area contributed by atoms with E-state index in [0.717, 1.165) is 0 Å². The molecule has 7 nitrogen and oxygen atoms in total. The lowest BCUT2D eigenvalue weighted by molar-refractivity contribution is 0.420.